The van der Waals surface area contributed by atoms with E-state index in [-0.39, 0.29) is 0 Å². The van der Waals surface area contributed by atoms with Gasteiger partial charge in [-0.2, -0.15) is 22.8 Å². The van der Waals surface area contributed by atoms with Crippen molar-refractivity contribution < 1.29 is 22.8 Å². The lowest BCUT2D eigenvalue weighted by Crippen LogP contribution is -2.35. The molecule has 0 saturated heterocycles. The summed E-state index contributed by atoms with van der Waals surface area (Å²) in [5, 5.41) is 13.2. The maximum absolute atomic E-state index is 2.48. The molecule has 2 aliphatic carbocycles. The molecule has 0 radical (unpaired) electrons. The molecule has 0 amide bonds. The molecule has 5 aromatic heterocycles. The van der Waals surface area contributed by atoms with Gasteiger partial charge < -0.3 is 0 Å². The van der Waals surface area contributed by atoms with E-state index in [1.54, 1.807) is 0 Å². The molecule has 590 valence electrons. The number of fused-ring (bicyclic) bond motifs is 5. The second kappa shape index (κ2) is 36.3. The van der Waals surface area contributed by atoms with Gasteiger partial charge in [0.2, 0.25) is 28.5 Å². The fourth-order valence-corrected chi connectivity index (χ4v) is 18.3. The first-order valence-electron chi connectivity index (χ1n) is 43.1. The molecule has 16 aromatic rings. The van der Waals surface area contributed by atoms with E-state index in [9.17, 15) is 0 Å². The van der Waals surface area contributed by atoms with Crippen molar-refractivity contribution in [2.45, 2.75) is 172 Å². The molecule has 2 fully saturated rings. The van der Waals surface area contributed by atoms with E-state index in [1.165, 1.54) is 258 Å². The second-order valence-electron chi connectivity index (χ2n) is 34.0. The van der Waals surface area contributed by atoms with Gasteiger partial charge in [-0.25, -0.2) is 0 Å². The minimum absolute atomic E-state index is 0.542. The monoisotopic (exact) mass is 1540 g/mol. The van der Waals surface area contributed by atoms with Crippen LogP contribution in [-0.2, 0) is 41.7 Å². The topological polar surface area (TPSA) is 19.4 Å². The zero-order chi connectivity index (χ0) is 82.3. The van der Waals surface area contributed by atoms with Gasteiger partial charge >= 0.3 is 0 Å². The maximum atomic E-state index is 2.48. The lowest BCUT2D eigenvalue weighted by Gasteiger charge is -2.23. The highest BCUT2D eigenvalue weighted by molar-refractivity contribution is 5.98. The van der Waals surface area contributed by atoms with Crippen molar-refractivity contribution in [2.75, 3.05) is 0 Å². The molecule has 0 atom stereocenters. The first-order chi connectivity index (χ1) is 56.5. The standard InChI is InChI=1S/C24H28N.C24H22N.C23H26N.C21H24N.C20H22N/c2*1-17-13-14-20(19-9-5-4-6-10-19)16-23(17)24-22-12-8-7-11-21(22)15-18(2)25(24)3;1-16-12-13-19(18-8-4-5-9-18)15-22(16)23-21-11-7-6-10-20(21)14-17(2)24(23)3;1-14(2)17-11-10-15(3)20(13-17)21-19-9-7-6-8-18(19)12-16(4)22(21)5;1-5-16-11-10-14(2)19(13-16)20-18-9-7-6-8-17(18)12-15(3)21(20)4/h7-8,11-16,19H,4-6,9-10H2,1-3H3;4-16H,1-3H3;6-7,10-15,18H,4-5,8-9H2,1-3H3;6-14H,1-5H3;6-13H,5H2,1-4H3/q5*+1. The van der Waals surface area contributed by atoms with Crippen molar-refractivity contribution in [1.29, 1.82) is 0 Å². The van der Waals surface area contributed by atoms with Crippen LogP contribution in [-0.4, -0.2) is 0 Å². The zero-order valence-corrected chi connectivity index (χ0v) is 73.0. The predicted octanol–water partition coefficient (Wildman–Crippen LogP) is 26.8. The van der Waals surface area contributed by atoms with E-state index in [0.717, 1.165) is 18.3 Å². The first-order valence-corrected chi connectivity index (χ1v) is 43.1. The number of pyridine rings is 5. The lowest BCUT2D eigenvalue weighted by atomic mass is 9.82. The first kappa shape index (κ1) is 82.0. The van der Waals surface area contributed by atoms with Gasteiger partial charge in [0.25, 0.3) is 0 Å². The summed E-state index contributed by atoms with van der Waals surface area (Å²) >= 11 is 0. The van der Waals surface area contributed by atoms with E-state index in [0.29, 0.717) is 5.92 Å². The fourth-order valence-electron chi connectivity index (χ4n) is 18.3. The predicted molar refractivity (Wildman–Crippen MR) is 496 cm³/mol. The quantitative estimate of drug-likeness (QED) is 0.122. The zero-order valence-electron chi connectivity index (χ0n) is 73.0. The SMILES string of the molecule is CCc1ccc(C)c(-c2c3ccccc3cc(C)[n+]2C)c1.Cc1ccc(-c2ccccc2)cc1-c1c2ccccc2cc(C)[n+]1C.Cc1ccc(C(C)C)cc1-c1c2ccccc2cc(C)[n+]1C.Cc1ccc(C2CCCC2)cc1-c1c2ccccc2cc(C)[n+]1C.Cc1ccc(C2CCCCC2)cc1-c1c2ccccc2cc(C)[n+]1C. The molecule has 18 rings (SSSR count). The number of hydrogen-bond donors (Lipinski definition) is 0. The molecule has 0 bridgehead atoms. The van der Waals surface area contributed by atoms with E-state index in [4.69, 9.17) is 0 Å². The summed E-state index contributed by atoms with van der Waals surface area (Å²) in [5.41, 5.74) is 34.9. The Balaban J connectivity index is 0.000000121. The van der Waals surface area contributed by atoms with Crippen LogP contribution in [0.15, 0.2) is 273 Å². The summed E-state index contributed by atoms with van der Waals surface area (Å²) in [6.45, 7) is 28.7. The highest BCUT2D eigenvalue weighted by atomic mass is 15.0. The number of benzene rings is 11. The molecule has 117 heavy (non-hydrogen) atoms. The smallest absolute Gasteiger partial charge is 0.198 e. The van der Waals surface area contributed by atoms with Crippen LogP contribution in [0, 0.1) is 69.2 Å². The summed E-state index contributed by atoms with van der Waals surface area (Å²) in [7, 11) is 10.9. The molecule has 5 heteroatoms. The van der Waals surface area contributed by atoms with Crippen LogP contribution in [0.3, 0.4) is 0 Å². The molecule has 0 unspecified atom stereocenters. The molecule has 2 saturated carbocycles. The highest BCUT2D eigenvalue weighted by Crippen LogP contribution is 2.41. The van der Waals surface area contributed by atoms with E-state index in [1.807, 2.05) is 0 Å². The Labute approximate surface area is 698 Å². The van der Waals surface area contributed by atoms with E-state index in [2.05, 4.69) is 421 Å². The largest absolute Gasteiger partial charge is 0.220 e. The molecule has 11 aromatic carbocycles. The van der Waals surface area contributed by atoms with Crippen LogP contribution in [0.1, 0.15) is 175 Å². The Morgan fingerprint density at radius 2 is 0.547 bits per heavy atom. The van der Waals surface area contributed by atoms with Gasteiger partial charge in [-0.05, 0) is 233 Å². The van der Waals surface area contributed by atoms with Gasteiger partial charge in [0, 0.05) is 87.2 Å². The van der Waals surface area contributed by atoms with Crippen molar-refractivity contribution >= 4 is 53.9 Å². The maximum Gasteiger partial charge on any atom is 0.220 e. The second-order valence-corrected chi connectivity index (χ2v) is 34.0. The number of rotatable bonds is 10. The Morgan fingerprint density at radius 1 is 0.265 bits per heavy atom. The molecular weight excluding hydrogens is 1420 g/mol. The number of aryl methyl sites for hydroxylation is 11. The van der Waals surface area contributed by atoms with Crippen molar-refractivity contribution in [3.8, 4) is 67.4 Å². The van der Waals surface area contributed by atoms with Crippen LogP contribution in [0.25, 0.3) is 121 Å². The van der Waals surface area contributed by atoms with E-state index >= 15 is 0 Å². The van der Waals surface area contributed by atoms with Crippen LogP contribution < -0.4 is 22.8 Å². The highest BCUT2D eigenvalue weighted by Gasteiger charge is 2.28. The summed E-state index contributed by atoms with van der Waals surface area (Å²) < 4.78 is 11.6. The summed E-state index contributed by atoms with van der Waals surface area (Å²) in [6.07, 6.45) is 13.4. The number of nitrogens with zero attached hydrogens (tertiary/aromatic N) is 5. The lowest BCUT2D eigenvalue weighted by molar-refractivity contribution is -0.665. The van der Waals surface area contributed by atoms with Gasteiger partial charge in [0.15, 0.2) is 28.5 Å². The molecule has 5 nitrogen and oxygen atoms in total. The molecule has 0 spiro atoms. The average molecular weight is 1540 g/mol. The third-order valence-corrected chi connectivity index (χ3v) is 25.9. The minimum atomic E-state index is 0.542. The van der Waals surface area contributed by atoms with Crippen LogP contribution in [0.5, 0.6) is 0 Å². The van der Waals surface area contributed by atoms with Crippen molar-refractivity contribution in [3.63, 3.8) is 0 Å². The summed E-state index contributed by atoms with van der Waals surface area (Å²) in [4.78, 5) is 0. The Bertz CT molecular complexity index is 6320. The van der Waals surface area contributed by atoms with E-state index < -0.39 is 0 Å². The molecule has 2 aliphatic rings. The normalized spacial score (nSPS) is 12.9. The van der Waals surface area contributed by atoms with Gasteiger partial charge in [-0.15, -0.1) is 0 Å². The van der Waals surface area contributed by atoms with Crippen molar-refractivity contribution in [2.24, 2.45) is 35.2 Å². The van der Waals surface area contributed by atoms with Gasteiger partial charge in [-0.3, -0.25) is 0 Å². The van der Waals surface area contributed by atoms with Crippen LogP contribution in [0.4, 0.5) is 0 Å². The molecule has 0 N–H and O–H groups in total. The molecule has 0 aliphatic heterocycles. The van der Waals surface area contributed by atoms with Crippen molar-refractivity contribution in [1.82, 2.24) is 0 Å². The Kier molecular flexibility index (Phi) is 25.5. The van der Waals surface area contributed by atoms with Crippen LogP contribution in [0.2, 0.25) is 0 Å². The van der Waals surface area contributed by atoms with Crippen LogP contribution >= 0.6 is 0 Å². The Hall–Kier alpha value is -11.5. The van der Waals surface area contributed by atoms with Gasteiger partial charge in [0.05, 0.1) is 32.5 Å². The number of aromatic nitrogens is 5. The molecular formula is C112H122N5+5. The minimum Gasteiger partial charge on any atom is -0.198 e. The molecule has 5 heterocycles. The third kappa shape index (κ3) is 17.6. The fraction of sp³-hybridized carbons (Fsp3) is 0.277. The average Bonchev–Trinajstić information content (AvgIpc) is 1.33. The summed E-state index contributed by atoms with van der Waals surface area (Å²) in [5.74, 6) is 2.04. The van der Waals surface area contributed by atoms with Gasteiger partial charge in [0.1, 0.15) is 35.2 Å². The third-order valence-electron chi connectivity index (χ3n) is 25.9. The van der Waals surface area contributed by atoms with Crippen molar-refractivity contribution in [3.05, 3.63) is 352 Å². The Morgan fingerprint density at radius 3 is 0.889 bits per heavy atom. The summed E-state index contributed by atoms with van der Waals surface area (Å²) in [6, 6.07) is 100. The number of hydrogen-bond acceptors (Lipinski definition) is 0. The van der Waals surface area contributed by atoms with Gasteiger partial charge in [-0.1, -0.05) is 235 Å².